The van der Waals surface area contributed by atoms with E-state index < -0.39 is 0 Å². The Balaban J connectivity index is 1.93. The fourth-order valence-corrected chi connectivity index (χ4v) is 1.68. The van der Waals surface area contributed by atoms with Crippen molar-refractivity contribution in [2.45, 2.75) is 18.8 Å². The molecule has 3 rings (SSSR count). The lowest BCUT2D eigenvalue weighted by atomic mass is 10.1. The van der Waals surface area contributed by atoms with E-state index in [0.29, 0.717) is 5.89 Å². The molecule has 0 saturated heterocycles. The zero-order valence-electron chi connectivity index (χ0n) is 7.81. The topological polar surface area (TPSA) is 26.0 Å². The first kappa shape index (κ1) is 7.80. The first-order valence-corrected chi connectivity index (χ1v) is 4.93. The van der Waals surface area contributed by atoms with Crippen LogP contribution in [0.25, 0.3) is 11.5 Å². The van der Waals surface area contributed by atoms with Crippen molar-refractivity contribution in [3.63, 3.8) is 0 Å². The summed E-state index contributed by atoms with van der Waals surface area (Å²) in [5.74, 6) is 1.51. The van der Waals surface area contributed by atoms with Crippen molar-refractivity contribution in [3.05, 3.63) is 42.3 Å². The summed E-state index contributed by atoms with van der Waals surface area (Å²) in [6, 6.07) is 8.52. The zero-order chi connectivity index (χ0) is 9.38. The van der Waals surface area contributed by atoms with Crippen molar-refractivity contribution in [1.82, 2.24) is 4.98 Å². The van der Waals surface area contributed by atoms with Gasteiger partial charge in [0.25, 0.3) is 0 Å². The van der Waals surface area contributed by atoms with Gasteiger partial charge in [0.1, 0.15) is 6.26 Å². The molecule has 1 aromatic heterocycles. The Bertz CT molecular complexity index is 412. The first-order chi connectivity index (χ1) is 6.93. The van der Waals surface area contributed by atoms with Crippen LogP contribution in [-0.2, 0) is 0 Å². The standard InChI is InChI=1S/C12H11NO/c1-2-9(1)10-3-5-11(6-4-10)12-13-7-8-14-12/h3-9H,1-2H2. The Labute approximate surface area is 82.6 Å². The van der Waals surface area contributed by atoms with Gasteiger partial charge in [0.05, 0.1) is 6.20 Å². The third-order valence-corrected chi connectivity index (χ3v) is 2.64. The number of hydrogen-bond acceptors (Lipinski definition) is 2. The van der Waals surface area contributed by atoms with E-state index in [1.165, 1.54) is 18.4 Å². The molecule has 1 aliphatic rings. The number of rotatable bonds is 2. The van der Waals surface area contributed by atoms with Gasteiger partial charge < -0.3 is 4.42 Å². The number of aromatic nitrogens is 1. The van der Waals surface area contributed by atoms with Gasteiger partial charge in [-0.05, 0) is 36.5 Å². The minimum absolute atomic E-state index is 0.701. The van der Waals surface area contributed by atoms with Crippen LogP contribution < -0.4 is 0 Å². The largest absolute Gasteiger partial charge is 0.445 e. The Kier molecular flexibility index (Phi) is 1.66. The molecule has 0 atom stereocenters. The summed E-state index contributed by atoms with van der Waals surface area (Å²) in [7, 11) is 0. The van der Waals surface area contributed by atoms with Crippen LogP contribution in [0, 0.1) is 0 Å². The maximum Gasteiger partial charge on any atom is 0.225 e. The molecule has 0 bridgehead atoms. The van der Waals surface area contributed by atoms with Crippen molar-refractivity contribution in [2.24, 2.45) is 0 Å². The highest BCUT2D eigenvalue weighted by Crippen LogP contribution is 2.40. The Morgan fingerprint density at radius 3 is 2.50 bits per heavy atom. The Hall–Kier alpha value is -1.57. The molecule has 0 N–H and O–H groups in total. The van der Waals surface area contributed by atoms with Crippen LogP contribution in [0.5, 0.6) is 0 Å². The van der Waals surface area contributed by atoms with Gasteiger partial charge in [-0.25, -0.2) is 4.98 Å². The molecular weight excluding hydrogens is 174 g/mol. The molecule has 0 aliphatic heterocycles. The smallest absolute Gasteiger partial charge is 0.225 e. The van der Waals surface area contributed by atoms with Gasteiger partial charge in [0.2, 0.25) is 5.89 Å². The highest BCUT2D eigenvalue weighted by atomic mass is 16.3. The van der Waals surface area contributed by atoms with E-state index in [-0.39, 0.29) is 0 Å². The number of benzene rings is 1. The maximum atomic E-state index is 5.22. The molecule has 0 spiro atoms. The van der Waals surface area contributed by atoms with Gasteiger partial charge in [0.15, 0.2) is 0 Å². The van der Waals surface area contributed by atoms with E-state index in [0.717, 1.165) is 11.5 Å². The fraction of sp³-hybridized carbons (Fsp3) is 0.250. The molecule has 14 heavy (non-hydrogen) atoms. The molecule has 2 nitrogen and oxygen atoms in total. The normalized spacial score (nSPS) is 15.7. The molecule has 2 aromatic rings. The molecule has 0 amide bonds. The van der Waals surface area contributed by atoms with E-state index in [2.05, 4.69) is 29.2 Å². The van der Waals surface area contributed by atoms with E-state index in [1.807, 2.05) is 0 Å². The monoisotopic (exact) mass is 185 g/mol. The number of oxazole rings is 1. The third kappa shape index (κ3) is 1.33. The summed E-state index contributed by atoms with van der Waals surface area (Å²) >= 11 is 0. The zero-order valence-corrected chi connectivity index (χ0v) is 7.81. The predicted molar refractivity (Wildman–Crippen MR) is 53.9 cm³/mol. The van der Waals surface area contributed by atoms with Crippen LogP contribution in [0.2, 0.25) is 0 Å². The maximum absolute atomic E-state index is 5.22. The summed E-state index contributed by atoms with van der Waals surface area (Å²) in [5.41, 5.74) is 2.50. The van der Waals surface area contributed by atoms with Crippen LogP contribution in [0.3, 0.4) is 0 Å². The van der Waals surface area contributed by atoms with E-state index in [1.54, 1.807) is 12.5 Å². The minimum Gasteiger partial charge on any atom is -0.445 e. The van der Waals surface area contributed by atoms with Crippen LogP contribution in [-0.4, -0.2) is 4.98 Å². The summed E-state index contributed by atoms with van der Waals surface area (Å²) < 4.78 is 5.22. The molecule has 1 aliphatic carbocycles. The molecule has 1 fully saturated rings. The molecule has 1 heterocycles. The molecule has 1 saturated carbocycles. The van der Waals surface area contributed by atoms with Crippen LogP contribution in [0.1, 0.15) is 24.3 Å². The second kappa shape index (κ2) is 2.98. The van der Waals surface area contributed by atoms with E-state index >= 15 is 0 Å². The van der Waals surface area contributed by atoms with Crippen LogP contribution >= 0.6 is 0 Å². The van der Waals surface area contributed by atoms with Crippen molar-refractivity contribution in [2.75, 3.05) is 0 Å². The summed E-state index contributed by atoms with van der Waals surface area (Å²) in [6.07, 6.45) is 5.96. The highest BCUT2D eigenvalue weighted by Gasteiger charge is 2.23. The van der Waals surface area contributed by atoms with E-state index in [4.69, 9.17) is 4.42 Å². The number of nitrogens with zero attached hydrogens (tertiary/aromatic N) is 1. The SMILES string of the molecule is c1coc(-c2ccc(C3CC3)cc2)n1. The highest BCUT2D eigenvalue weighted by molar-refractivity contribution is 5.53. The van der Waals surface area contributed by atoms with Crippen molar-refractivity contribution in [3.8, 4) is 11.5 Å². The fourth-order valence-electron chi connectivity index (χ4n) is 1.68. The molecule has 1 aromatic carbocycles. The summed E-state index contributed by atoms with van der Waals surface area (Å²) in [5, 5.41) is 0. The summed E-state index contributed by atoms with van der Waals surface area (Å²) in [4.78, 5) is 4.11. The van der Waals surface area contributed by atoms with Gasteiger partial charge in [-0.15, -0.1) is 0 Å². The van der Waals surface area contributed by atoms with Crippen molar-refractivity contribution in [1.29, 1.82) is 0 Å². The molecule has 0 unspecified atom stereocenters. The predicted octanol–water partition coefficient (Wildman–Crippen LogP) is 3.22. The second-order valence-electron chi connectivity index (χ2n) is 3.73. The molecule has 2 heteroatoms. The first-order valence-electron chi connectivity index (χ1n) is 4.93. The average Bonchev–Trinajstić information content (AvgIpc) is 2.94. The van der Waals surface area contributed by atoms with Gasteiger partial charge >= 0.3 is 0 Å². The van der Waals surface area contributed by atoms with Gasteiger partial charge in [-0.1, -0.05) is 12.1 Å². The Morgan fingerprint density at radius 1 is 1.14 bits per heavy atom. The molecule has 70 valence electrons. The van der Waals surface area contributed by atoms with Gasteiger partial charge in [0, 0.05) is 5.56 Å². The van der Waals surface area contributed by atoms with Gasteiger partial charge in [-0.2, -0.15) is 0 Å². The van der Waals surface area contributed by atoms with Gasteiger partial charge in [-0.3, -0.25) is 0 Å². The quantitative estimate of drug-likeness (QED) is 0.718. The minimum atomic E-state index is 0.701. The number of hydrogen-bond donors (Lipinski definition) is 0. The molecule has 0 radical (unpaired) electrons. The van der Waals surface area contributed by atoms with Crippen molar-refractivity contribution < 1.29 is 4.42 Å². The summed E-state index contributed by atoms with van der Waals surface area (Å²) in [6.45, 7) is 0. The lowest BCUT2D eigenvalue weighted by molar-refractivity contribution is 0.574. The van der Waals surface area contributed by atoms with Crippen LogP contribution in [0.4, 0.5) is 0 Å². The van der Waals surface area contributed by atoms with E-state index in [9.17, 15) is 0 Å². The second-order valence-corrected chi connectivity index (χ2v) is 3.73. The van der Waals surface area contributed by atoms with Crippen LogP contribution in [0.15, 0.2) is 41.1 Å². The lowest BCUT2D eigenvalue weighted by Gasteiger charge is -1.98. The molecular formula is C12H11NO. The van der Waals surface area contributed by atoms with Crippen molar-refractivity contribution >= 4 is 0 Å². The lowest BCUT2D eigenvalue weighted by Crippen LogP contribution is -1.80. The average molecular weight is 185 g/mol. The Morgan fingerprint density at radius 2 is 1.93 bits per heavy atom. The third-order valence-electron chi connectivity index (χ3n) is 2.64.